The van der Waals surface area contributed by atoms with E-state index >= 15 is 0 Å². The van der Waals surface area contributed by atoms with Crippen molar-refractivity contribution in [1.29, 1.82) is 0 Å². The summed E-state index contributed by atoms with van der Waals surface area (Å²) >= 11 is 0. The zero-order valence-corrected chi connectivity index (χ0v) is 13.7. The molecule has 2 saturated heterocycles. The van der Waals surface area contributed by atoms with Crippen molar-refractivity contribution in [3.05, 3.63) is 0 Å². The Morgan fingerprint density at radius 2 is 1.76 bits per heavy atom. The van der Waals surface area contributed by atoms with Crippen molar-refractivity contribution >= 4 is 11.8 Å². The number of rotatable bonds is 4. The highest BCUT2D eigenvalue weighted by Crippen LogP contribution is 2.26. The van der Waals surface area contributed by atoms with Gasteiger partial charge in [0.25, 0.3) is 0 Å². The number of nitrogens with zero attached hydrogens (tertiary/aromatic N) is 2. The molecule has 0 aromatic heterocycles. The molecule has 0 aromatic rings. The molecule has 0 radical (unpaired) electrons. The summed E-state index contributed by atoms with van der Waals surface area (Å²) in [6.07, 6.45) is 3.47. The minimum Gasteiger partial charge on any atom is -0.339 e. The van der Waals surface area contributed by atoms with Crippen LogP contribution in [0.15, 0.2) is 0 Å². The maximum atomic E-state index is 12.8. The molecule has 5 heteroatoms. The molecule has 1 N–H and O–H groups in total. The van der Waals surface area contributed by atoms with E-state index < -0.39 is 0 Å². The maximum absolute atomic E-state index is 12.8. The van der Waals surface area contributed by atoms with Gasteiger partial charge >= 0.3 is 0 Å². The van der Waals surface area contributed by atoms with Crippen LogP contribution in [0, 0.1) is 5.92 Å². The Morgan fingerprint density at radius 3 is 2.24 bits per heavy atom. The van der Waals surface area contributed by atoms with E-state index in [0.717, 1.165) is 25.8 Å². The van der Waals surface area contributed by atoms with Gasteiger partial charge in [-0.05, 0) is 31.7 Å². The number of carbonyl (C=O) groups is 2. The van der Waals surface area contributed by atoms with E-state index in [-0.39, 0.29) is 17.4 Å². The molecular formula is C16H29N3O2. The summed E-state index contributed by atoms with van der Waals surface area (Å²) in [4.78, 5) is 28.7. The summed E-state index contributed by atoms with van der Waals surface area (Å²) in [6.45, 7) is 9.85. The summed E-state index contributed by atoms with van der Waals surface area (Å²) in [7, 11) is 0. The third kappa shape index (κ3) is 3.57. The van der Waals surface area contributed by atoms with Crippen molar-refractivity contribution in [2.75, 3.05) is 32.7 Å². The first-order valence-electron chi connectivity index (χ1n) is 8.30. The third-order valence-corrected chi connectivity index (χ3v) is 4.76. The highest BCUT2D eigenvalue weighted by molar-refractivity contribution is 5.87. The van der Waals surface area contributed by atoms with Crippen LogP contribution in [0.25, 0.3) is 0 Å². The van der Waals surface area contributed by atoms with Crippen molar-refractivity contribution < 1.29 is 9.59 Å². The van der Waals surface area contributed by atoms with Gasteiger partial charge in [-0.2, -0.15) is 0 Å². The molecule has 0 aromatic carbocycles. The summed E-state index contributed by atoms with van der Waals surface area (Å²) in [6, 6.07) is 0. The monoisotopic (exact) mass is 295 g/mol. The minimum atomic E-state index is -0.343. The first-order valence-corrected chi connectivity index (χ1v) is 8.30. The molecule has 2 aliphatic rings. The molecule has 2 aliphatic heterocycles. The van der Waals surface area contributed by atoms with Gasteiger partial charge in [0.1, 0.15) is 0 Å². The molecule has 0 bridgehead atoms. The van der Waals surface area contributed by atoms with Crippen LogP contribution in [-0.2, 0) is 9.59 Å². The number of piperazine rings is 1. The maximum Gasteiger partial charge on any atom is 0.242 e. The standard InChI is InChI=1S/C16H29N3O2/c1-4-16(6-5-7-17-16)15(21)19-10-8-18(9-11-19)14(20)12-13(2)3/h13,17H,4-12H2,1-3H3. The van der Waals surface area contributed by atoms with E-state index in [1.54, 1.807) is 0 Å². The van der Waals surface area contributed by atoms with Gasteiger partial charge in [-0.1, -0.05) is 20.8 Å². The van der Waals surface area contributed by atoms with Gasteiger partial charge in [-0.15, -0.1) is 0 Å². The lowest BCUT2D eigenvalue weighted by atomic mass is 9.92. The van der Waals surface area contributed by atoms with Gasteiger partial charge in [0, 0.05) is 32.6 Å². The van der Waals surface area contributed by atoms with E-state index in [0.29, 0.717) is 38.5 Å². The lowest BCUT2D eigenvalue weighted by Gasteiger charge is -2.39. The van der Waals surface area contributed by atoms with E-state index in [9.17, 15) is 9.59 Å². The number of nitrogens with one attached hydrogen (secondary N) is 1. The zero-order valence-electron chi connectivity index (χ0n) is 13.7. The lowest BCUT2D eigenvalue weighted by molar-refractivity contribution is -0.144. The van der Waals surface area contributed by atoms with Gasteiger partial charge in [0.2, 0.25) is 11.8 Å². The van der Waals surface area contributed by atoms with Crippen LogP contribution in [0.5, 0.6) is 0 Å². The molecule has 0 saturated carbocycles. The molecule has 2 amide bonds. The second kappa shape index (κ2) is 6.77. The molecular weight excluding hydrogens is 266 g/mol. The number of hydrogen-bond donors (Lipinski definition) is 1. The molecule has 2 heterocycles. The minimum absolute atomic E-state index is 0.223. The molecule has 2 fully saturated rings. The van der Waals surface area contributed by atoms with Crippen LogP contribution in [0.3, 0.4) is 0 Å². The molecule has 1 unspecified atom stereocenters. The first-order chi connectivity index (χ1) is 9.98. The van der Waals surface area contributed by atoms with Gasteiger partial charge in [-0.3, -0.25) is 9.59 Å². The fraction of sp³-hybridized carbons (Fsp3) is 0.875. The average Bonchev–Trinajstić information content (AvgIpc) is 2.96. The fourth-order valence-electron chi connectivity index (χ4n) is 3.38. The number of hydrogen-bond acceptors (Lipinski definition) is 3. The van der Waals surface area contributed by atoms with E-state index in [2.05, 4.69) is 26.1 Å². The molecule has 5 nitrogen and oxygen atoms in total. The number of amides is 2. The Labute approximate surface area is 128 Å². The Hall–Kier alpha value is -1.10. The molecule has 2 rings (SSSR count). The topological polar surface area (TPSA) is 52.7 Å². The van der Waals surface area contributed by atoms with E-state index in [4.69, 9.17) is 0 Å². The quantitative estimate of drug-likeness (QED) is 0.849. The predicted molar refractivity (Wildman–Crippen MR) is 82.9 cm³/mol. The van der Waals surface area contributed by atoms with Gasteiger partial charge in [0.05, 0.1) is 5.54 Å². The molecule has 0 spiro atoms. The summed E-state index contributed by atoms with van der Waals surface area (Å²) in [5, 5.41) is 3.41. The fourth-order valence-corrected chi connectivity index (χ4v) is 3.38. The highest BCUT2D eigenvalue weighted by atomic mass is 16.2. The summed E-state index contributed by atoms with van der Waals surface area (Å²) < 4.78 is 0. The van der Waals surface area contributed by atoms with E-state index in [1.807, 2.05) is 9.80 Å². The van der Waals surface area contributed by atoms with Gasteiger partial charge in [-0.25, -0.2) is 0 Å². The van der Waals surface area contributed by atoms with Crippen LogP contribution in [0.4, 0.5) is 0 Å². The van der Waals surface area contributed by atoms with Crippen LogP contribution >= 0.6 is 0 Å². The second-order valence-electron chi connectivity index (χ2n) is 6.74. The van der Waals surface area contributed by atoms with Gasteiger partial charge < -0.3 is 15.1 Å². The van der Waals surface area contributed by atoms with Crippen LogP contribution < -0.4 is 5.32 Å². The Bertz CT molecular complexity index is 381. The average molecular weight is 295 g/mol. The van der Waals surface area contributed by atoms with E-state index in [1.165, 1.54) is 0 Å². The third-order valence-electron chi connectivity index (χ3n) is 4.76. The predicted octanol–water partition coefficient (Wildman–Crippen LogP) is 1.24. The van der Waals surface area contributed by atoms with Crippen molar-refractivity contribution in [3.8, 4) is 0 Å². The smallest absolute Gasteiger partial charge is 0.242 e. The molecule has 0 aliphatic carbocycles. The summed E-state index contributed by atoms with van der Waals surface area (Å²) in [5.74, 6) is 0.850. The normalized spacial score (nSPS) is 26.5. The molecule has 21 heavy (non-hydrogen) atoms. The first kappa shape index (κ1) is 16.3. The van der Waals surface area contributed by atoms with Gasteiger partial charge in [0.15, 0.2) is 0 Å². The Balaban J connectivity index is 1.89. The Kier molecular flexibility index (Phi) is 5.25. The van der Waals surface area contributed by atoms with Crippen molar-refractivity contribution in [1.82, 2.24) is 15.1 Å². The highest BCUT2D eigenvalue weighted by Gasteiger charge is 2.42. The van der Waals surface area contributed by atoms with Crippen molar-refractivity contribution in [2.24, 2.45) is 5.92 Å². The zero-order chi connectivity index (χ0) is 15.5. The molecule has 1 atom stereocenters. The van der Waals surface area contributed by atoms with Crippen LogP contribution in [-0.4, -0.2) is 59.9 Å². The van der Waals surface area contributed by atoms with Crippen molar-refractivity contribution in [2.45, 2.75) is 52.0 Å². The Morgan fingerprint density at radius 1 is 1.14 bits per heavy atom. The van der Waals surface area contributed by atoms with Crippen LogP contribution in [0.1, 0.15) is 46.5 Å². The van der Waals surface area contributed by atoms with Crippen LogP contribution in [0.2, 0.25) is 0 Å². The SMILES string of the molecule is CCC1(C(=O)N2CCN(C(=O)CC(C)C)CC2)CCCN1. The summed E-state index contributed by atoms with van der Waals surface area (Å²) in [5.41, 5.74) is -0.343. The lowest BCUT2D eigenvalue weighted by Crippen LogP contribution is -2.59. The van der Waals surface area contributed by atoms with Crippen molar-refractivity contribution in [3.63, 3.8) is 0 Å². The largest absolute Gasteiger partial charge is 0.339 e. The molecule has 120 valence electrons. The number of carbonyl (C=O) groups excluding carboxylic acids is 2. The second-order valence-corrected chi connectivity index (χ2v) is 6.74.